The summed E-state index contributed by atoms with van der Waals surface area (Å²) in [5, 5.41) is 11.0. The van der Waals surface area contributed by atoms with Crippen LogP contribution in [0.25, 0.3) is 11.3 Å². The van der Waals surface area contributed by atoms with Gasteiger partial charge in [0.2, 0.25) is 0 Å². The van der Waals surface area contributed by atoms with Crippen molar-refractivity contribution >= 4 is 0 Å². The maximum Gasteiger partial charge on any atom is 0.0923 e. The van der Waals surface area contributed by atoms with Gasteiger partial charge in [-0.05, 0) is 25.5 Å². The minimum atomic E-state index is 0.624. The number of aromatic nitrogens is 2. The Labute approximate surface area is 101 Å². The Morgan fingerprint density at radius 1 is 1.24 bits per heavy atom. The highest BCUT2D eigenvalue weighted by atomic mass is 15.1. The Morgan fingerprint density at radius 2 is 2.12 bits per heavy atom. The number of nitrogens with zero attached hydrogens (tertiary/aromatic N) is 1. The van der Waals surface area contributed by atoms with E-state index in [1.807, 2.05) is 18.2 Å². The van der Waals surface area contributed by atoms with Crippen LogP contribution in [-0.4, -0.2) is 22.8 Å². The summed E-state index contributed by atoms with van der Waals surface area (Å²) in [4.78, 5) is 0. The molecule has 2 N–H and O–H groups in total. The first kappa shape index (κ1) is 10.5. The highest BCUT2D eigenvalue weighted by molar-refractivity contribution is 5.58. The van der Waals surface area contributed by atoms with Gasteiger partial charge in [0.1, 0.15) is 0 Å². The van der Waals surface area contributed by atoms with Gasteiger partial charge in [-0.3, -0.25) is 5.10 Å². The van der Waals surface area contributed by atoms with Crippen LogP contribution < -0.4 is 5.32 Å². The monoisotopic (exact) mass is 227 g/mol. The van der Waals surface area contributed by atoms with Crippen LogP contribution in [0.3, 0.4) is 0 Å². The standard InChI is InChI=1S/C14H17N3/c1-2-5-11(6-3-1)14-10-13(16-17-14)9-12-7-4-8-15-12/h1-3,5-6,10,12,15H,4,7-9H2,(H,16,17). The highest BCUT2D eigenvalue weighted by Gasteiger charge is 2.15. The van der Waals surface area contributed by atoms with Crippen molar-refractivity contribution in [2.75, 3.05) is 6.54 Å². The summed E-state index contributed by atoms with van der Waals surface area (Å²) < 4.78 is 0. The largest absolute Gasteiger partial charge is 0.314 e. The normalized spacial score (nSPS) is 19.6. The van der Waals surface area contributed by atoms with E-state index in [0.717, 1.165) is 18.7 Å². The molecule has 0 aliphatic carbocycles. The molecule has 0 bridgehead atoms. The summed E-state index contributed by atoms with van der Waals surface area (Å²) in [6.07, 6.45) is 3.63. The maximum atomic E-state index is 4.38. The Kier molecular flexibility index (Phi) is 2.92. The lowest BCUT2D eigenvalue weighted by Crippen LogP contribution is -2.23. The molecular weight excluding hydrogens is 210 g/mol. The Morgan fingerprint density at radius 3 is 2.88 bits per heavy atom. The first-order valence-electron chi connectivity index (χ1n) is 6.25. The van der Waals surface area contributed by atoms with E-state index < -0.39 is 0 Å². The molecule has 1 atom stereocenters. The lowest BCUT2D eigenvalue weighted by Gasteiger charge is -2.06. The van der Waals surface area contributed by atoms with Gasteiger partial charge in [0.05, 0.1) is 5.69 Å². The number of benzene rings is 1. The molecule has 3 rings (SSSR count). The number of aromatic amines is 1. The second-order valence-corrected chi connectivity index (χ2v) is 4.64. The van der Waals surface area contributed by atoms with E-state index in [1.165, 1.54) is 24.1 Å². The molecule has 0 saturated carbocycles. The molecule has 1 aliphatic rings. The third kappa shape index (κ3) is 2.39. The predicted molar refractivity (Wildman–Crippen MR) is 68.8 cm³/mol. The van der Waals surface area contributed by atoms with Crippen LogP contribution in [0.15, 0.2) is 36.4 Å². The van der Waals surface area contributed by atoms with Crippen LogP contribution in [-0.2, 0) is 6.42 Å². The summed E-state index contributed by atoms with van der Waals surface area (Å²) in [7, 11) is 0. The second-order valence-electron chi connectivity index (χ2n) is 4.64. The molecule has 0 radical (unpaired) electrons. The summed E-state index contributed by atoms with van der Waals surface area (Å²) in [6, 6.07) is 13.1. The van der Waals surface area contributed by atoms with Crippen molar-refractivity contribution in [2.45, 2.75) is 25.3 Å². The van der Waals surface area contributed by atoms with Crippen molar-refractivity contribution in [3.63, 3.8) is 0 Å². The summed E-state index contributed by atoms with van der Waals surface area (Å²) in [5.41, 5.74) is 3.44. The average molecular weight is 227 g/mol. The number of rotatable bonds is 3. The molecule has 0 spiro atoms. The summed E-state index contributed by atoms with van der Waals surface area (Å²) >= 11 is 0. The fourth-order valence-electron chi connectivity index (χ4n) is 2.42. The molecule has 1 aliphatic heterocycles. The van der Waals surface area contributed by atoms with Gasteiger partial charge in [0.25, 0.3) is 0 Å². The zero-order valence-electron chi connectivity index (χ0n) is 9.82. The first-order valence-corrected chi connectivity index (χ1v) is 6.25. The SMILES string of the molecule is c1ccc(-c2cc(CC3CCCN3)[nH]n2)cc1. The maximum absolute atomic E-state index is 4.38. The van der Waals surface area contributed by atoms with Crippen molar-refractivity contribution < 1.29 is 0 Å². The fourth-order valence-corrected chi connectivity index (χ4v) is 2.42. The van der Waals surface area contributed by atoms with Crippen molar-refractivity contribution in [1.29, 1.82) is 0 Å². The van der Waals surface area contributed by atoms with Crippen LogP contribution in [0.2, 0.25) is 0 Å². The number of nitrogens with one attached hydrogen (secondary N) is 2. The van der Waals surface area contributed by atoms with Crippen molar-refractivity contribution in [3.8, 4) is 11.3 Å². The number of hydrogen-bond acceptors (Lipinski definition) is 2. The molecular formula is C14H17N3. The zero-order valence-corrected chi connectivity index (χ0v) is 9.82. The van der Waals surface area contributed by atoms with Gasteiger partial charge >= 0.3 is 0 Å². The van der Waals surface area contributed by atoms with Crippen molar-refractivity contribution in [1.82, 2.24) is 15.5 Å². The quantitative estimate of drug-likeness (QED) is 0.845. The molecule has 1 aromatic heterocycles. The third-order valence-electron chi connectivity index (χ3n) is 3.33. The average Bonchev–Trinajstić information content (AvgIpc) is 3.02. The molecule has 0 amide bonds. The summed E-state index contributed by atoms with van der Waals surface area (Å²) in [5.74, 6) is 0. The minimum absolute atomic E-state index is 0.624. The molecule has 1 aromatic carbocycles. The van der Waals surface area contributed by atoms with Crippen molar-refractivity contribution in [2.24, 2.45) is 0 Å². The molecule has 17 heavy (non-hydrogen) atoms. The lowest BCUT2D eigenvalue weighted by atomic mass is 10.1. The molecule has 2 aromatic rings. The van der Waals surface area contributed by atoms with E-state index in [2.05, 4.69) is 33.7 Å². The zero-order chi connectivity index (χ0) is 11.5. The van der Waals surface area contributed by atoms with Gasteiger partial charge in [-0.1, -0.05) is 30.3 Å². The van der Waals surface area contributed by atoms with Crippen LogP contribution in [0, 0.1) is 0 Å². The summed E-state index contributed by atoms with van der Waals surface area (Å²) in [6.45, 7) is 1.16. The molecule has 2 heterocycles. The van der Waals surface area contributed by atoms with E-state index in [0.29, 0.717) is 6.04 Å². The van der Waals surface area contributed by atoms with Gasteiger partial charge in [-0.25, -0.2) is 0 Å². The van der Waals surface area contributed by atoms with E-state index in [-0.39, 0.29) is 0 Å². The molecule has 3 heteroatoms. The number of H-pyrrole nitrogens is 1. The van der Waals surface area contributed by atoms with Crippen LogP contribution >= 0.6 is 0 Å². The lowest BCUT2D eigenvalue weighted by molar-refractivity contribution is 0.594. The minimum Gasteiger partial charge on any atom is -0.314 e. The van der Waals surface area contributed by atoms with E-state index in [4.69, 9.17) is 0 Å². The Bertz CT molecular complexity index is 469. The molecule has 88 valence electrons. The predicted octanol–water partition coefficient (Wildman–Crippen LogP) is 2.37. The fraction of sp³-hybridized carbons (Fsp3) is 0.357. The van der Waals surface area contributed by atoms with Gasteiger partial charge in [-0.15, -0.1) is 0 Å². The molecule has 3 nitrogen and oxygen atoms in total. The second kappa shape index (κ2) is 4.72. The van der Waals surface area contributed by atoms with E-state index in [1.54, 1.807) is 0 Å². The topological polar surface area (TPSA) is 40.7 Å². The van der Waals surface area contributed by atoms with Gasteiger partial charge in [0.15, 0.2) is 0 Å². The molecule has 1 saturated heterocycles. The van der Waals surface area contributed by atoms with Crippen molar-refractivity contribution in [3.05, 3.63) is 42.1 Å². The highest BCUT2D eigenvalue weighted by Crippen LogP contribution is 2.18. The third-order valence-corrected chi connectivity index (χ3v) is 3.33. The smallest absolute Gasteiger partial charge is 0.0923 e. The van der Waals surface area contributed by atoms with Gasteiger partial charge < -0.3 is 5.32 Å². The van der Waals surface area contributed by atoms with Gasteiger partial charge in [-0.2, -0.15) is 5.10 Å². The Hall–Kier alpha value is -1.61. The van der Waals surface area contributed by atoms with Crippen LogP contribution in [0.1, 0.15) is 18.5 Å². The van der Waals surface area contributed by atoms with E-state index >= 15 is 0 Å². The Balaban J connectivity index is 1.74. The van der Waals surface area contributed by atoms with E-state index in [9.17, 15) is 0 Å². The first-order chi connectivity index (χ1) is 8.42. The van der Waals surface area contributed by atoms with Crippen LogP contribution in [0.4, 0.5) is 0 Å². The molecule has 1 fully saturated rings. The number of hydrogen-bond donors (Lipinski definition) is 2. The molecule has 1 unspecified atom stereocenters. The van der Waals surface area contributed by atoms with Gasteiger partial charge in [0, 0.05) is 23.7 Å². The van der Waals surface area contributed by atoms with Crippen LogP contribution in [0.5, 0.6) is 0 Å².